The molecule has 0 unspecified atom stereocenters. The number of hydrogen-bond acceptors (Lipinski definition) is 5. The van der Waals surface area contributed by atoms with Crippen molar-refractivity contribution in [3.05, 3.63) is 46.5 Å². The zero-order valence-electron chi connectivity index (χ0n) is 10.6. The molecule has 2 aromatic heterocycles. The number of nitrogens with one attached hydrogen (secondary N) is 1. The molecular weight excluding hydrogens is 302 g/mol. The van der Waals surface area contributed by atoms with Gasteiger partial charge in [0.15, 0.2) is 5.75 Å². The van der Waals surface area contributed by atoms with Gasteiger partial charge in [0.1, 0.15) is 22.5 Å². The fourth-order valence-electron chi connectivity index (χ4n) is 1.85. The maximum Gasteiger partial charge on any atom is 0.511 e. The molecule has 10 heteroatoms. The van der Waals surface area contributed by atoms with Crippen LogP contribution in [0.3, 0.4) is 0 Å². The van der Waals surface area contributed by atoms with Crippen molar-refractivity contribution in [2.24, 2.45) is 0 Å². The van der Waals surface area contributed by atoms with Gasteiger partial charge in [0.2, 0.25) is 5.95 Å². The second-order valence-corrected chi connectivity index (χ2v) is 4.13. The summed E-state index contributed by atoms with van der Waals surface area (Å²) < 4.78 is 32.6. The lowest BCUT2D eigenvalue weighted by Crippen LogP contribution is -2.15. The second-order valence-electron chi connectivity index (χ2n) is 4.13. The summed E-state index contributed by atoms with van der Waals surface area (Å²) in [7, 11) is 0. The van der Waals surface area contributed by atoms with E-state index >= 15 is 0 Å². The van der Waals surface area contributed by atoms with E-state index in [4.69, 9.17) is 5.11 Å². The van der Waals surface area contributed by atoms with Crippen LogP contribution in [0.25, 0.3) is 16.9 Å². The van der Waals surface area contributed by atoms with E-state index in [-0.39, 0.29) is 11.7 Å². The number of ether oxygens (including phenoxy) is 1. The summed E-state index contributed by atoms with van der Waals surface area (Å²) in [6.07, 6.45) is 0.614. The van der Waals surface area contributed by atoms with Gasteiger partial charge in [-0.15, -0.1) is 0 Å². The van der Waals surface area contributed by atoms with Gasteiger partial charge in [-0.25, -0.2) is 23.2 Å². The molecule has 0 spiro atoms. The summed E-state index contributed by atoms with van der Waals surface area (Å²) in [4.78, 5) is 28.3. The number of rotatable bonds is 2. The number of carboxylic acid groups (broad SMARTS) is 1. The van der Waals surface area contributed by atoms with Crippen LogP contribution in [0.15, 0.2) is 29.3 Å². The Bertz CT molecular complexity index is 950. The van der Waals surface area contributed by atoms with Crippen LogP contribution in [0.4, 0.5) is 13.6 Å². The topological polar surface area (TPSA) is 110 Å². The van der Waals surface area contributed by atoms with Crippen LogP contribution in [0.1, 0.15) is 0 Å². The second kappa shape index (κ2) is 4.91. The summed E-state index contributed by atoms with van der Waals surface area (Å²) in [5, 5.41) is 11.7. The molecule has 8 nitrogen and oxygen atoms in total. The fraction of sp³-hybridized carbons (Fsp3) is 0. The Morgan fingerprint density at radius 1 is 1.32 bits per heavy atom. The molecule has 3 aromatic rings. The molecule has 0 fully saturated rings. The minimum absolute atomic E-state index is 0.130. The Morgan fingerprint density at radius 2 is 2.05 bits per heavy atom. The van der Waals surface area contributed by atoms with Crippen molar-refractivity contribution in [1.29, 1.82) is 0 Å². The third-order valence-electron chi connectivity index (χ3n) is 2.73. The highest BCUT2D eigenvalue weighted by Crippen LogP contribution is 2.17. The Kier molecular flexibility index (Phi) is 3.05. The third kappa shape index (κ3) is 2.26. The lowest BCUT2D eigenvalue weighted by molar-refractivity contribution is 0.144. The number of nitrogens with zero attached hydrogens (tertiary/aromatic N) is 3. The predicted octanol–water partition coefficient (Wildman–Crippen LogP) is 1.44. The lowest BCUT2D eigenvalue weighted by atomic mass is 10.2. The smallest absolute Gasteiger partial charge is 0.449 e. The van der Waals surface area contributed by atoms with Crippen LogP contribution < -0.4 is 10.3 Å². The van der Waals surface area contributed by atoms with Gasteiger partial charge < -0.3 is 9.84 Å². The molecule has 0 saturated heterocycles. The molecule has 112 valence electrons. The molecule has 0 amide bonds. The highest BCUT2D eigenvalue weighted by atomic mass is 19.1. The minimum Gasteiger partial charge on any atom is -0.449 e. The number of halogens is 2. The van der Waals surface area contributed by atoms with E-state index in [1.165, 1.54) is 0 Å². The molecule has 0 aliphatic heterocycles. The molecule has 22 heavy (non-hydrogen) atoms. The van der Waals surface area contributed by atoms with Crippen molar-refractivity contribution in [2.45, 2.75) is 0 Å². The van der Waals surface area contributed by atoms with Crippen molar-refractivity contribution in [1.82, 2.24) is 19.7 Å². The molecule has 0 aliphatic carbocycles. The van der Waals surface area contributed by atoms with Gasteiger partial charge in [0.25, 0.3) is 5.56 Å². The summed E-state index contributed by atoms with van der Waals surface area (Å²) in [6.45, 7) is 0. The van der Waals surface area contributed by atoms with Crippen LogP contribution in [0.2, 0.25) is 0 Å². The van der Waals surface area contributed by atoms with Crippen molar-refractivity contribution in [3.8, 4) is 11.7 Å². The number of aromatic amines is 1. The Hall–Kier alpha value is -3.30. The summed E-state index contributed by atoms with van der Waals surface area (Å²) in [5.74, 6) is -2.14. The van der Waals surface area contributed by atoms with Crippen LogP contribution >= 0.6 is 0 Å². The quantitative estimate of drug-likeness (QED) is 0.693. The third-order valence-corrected chi connectivity index (χ3v) is 2.73. The van der Waals surface area contributed by atoms with Gasteiger partial charge in [-0.05, 0) is 12.1 Å². The highest BCUT2D eigenvalue weighted by Gasteiger charge is 2.14. The normalized spacial score (nSPS) is 10.8. The molecule has 0 bridgehead atoms. The predicted molar refractivity (Wildman–Crippen MR) is 68.1 cm³/mol. The molecule has 0 aliphatic rings. The number of aromatic nitrogens is 4. The van der Waals surface area contributed by atoms with Gasteiger partial charge in [-0.3, -0.25) is 9.78 Å². The maximum atomic E-state index is 13.7. The molecule has 2 N–H and O–H groups in total. The average molecular weight is 308 g/mol. The van der Waals surface area contributed by atoms with Gasteiger partial charge in [0.05, 0.1) is 12.4 Å². The van der Waals surface area contributed by atoms with E-state index < -0.39 is 34.3 Å². The fourth-order valence-corrected chi connectivity index (χ4v) is 1.85. The summed E-state index contributed by atoms with van der Waals surface area (Å²) >= 11 is 0. The van der Waals surface area contributed by atoms with E-state index in [1.807, 2.05) is 0 Å². The van der Waals surface area contributed by atoms with Gasteiger partial charge >= 0.3 is 6.16 Å². The first-order valence-electron chi connectivity index (χ1n) is 5.79. The Labute approximate surface area is 119 Å². The largest absolute Gasteiger partial charge is 0.511 e. The summed E-state index contributed by atoms with van der Waals surface area (Å²) in [6, 6.07) is 1.66. The van der Waals surface area contributed by atoms with Crippen molar-refractivity contribution in [3.63, 3.8) is 0 Å². The van der Waals surface area contributed by atoms with Gasteiger partial charge in [-0.2, -0.15) is 5.10 Å². The molecule has 0 atom stereocenters. The SMILES string of the molecule is O=C(O)Oc1cnn(-c2nc3c(F)ccc(F)c3c(=O)[nH]2)c1. The summed E-state index contributed by atoms with van der Waals surface area (Å²) in [5.41, 5.74) is -1.36. The molecule has 1 aromatic carbocycles. The average Bonchev–Trinajstić information content (AvgIpc) is 2.90. The van der Waals surface area contributed by atoms with Crippen LogP contribution in [-0.4, -0.2) is 31.0 Å². The molecule has 0 radical (unpaired) electrons. The minimum atomic E-state index is -1.55. The first-order valence-corrected chi connectivity index (χ1v) is 5.79. The van der Waals surface area contributed by atoms with E-state index in [1.54, 1.807) is 0 Å². The monoisotopic (exact) mass is 308 g/mol. The van der Waals surface area contributed by atoms with Crippen LogP contribution in [0.5, 0.6) is 5.75 Å². The van der Waals surface area contributed by atoms with Gasteiger partial charge in [-0.1, -0.05) is 0 Å². The molecule has 2 heterocycles. The van der Waals surface area contributed by atoms with Crippen molar-refractivity contribution in [2.75, 3.05) is 0 Å². The van der Waals surface area contributed by atoms with Crippen molar-refractivity contribution >= 4 is 17.1 Å². The Morgan fingerprint density at radius 3 is 2.77 bits per heavy atom. The molecular formula is C12H6F2N4O4. The number of H-pyrrole nitrogens is 1. The van der Waals surface area contributed by atoms with E-state index in [0.717, 1.165) is 29.2 Å². The number of fused-ring (bicyclic) bond motifs is 1. The molecule has 3 rings (SSSR count). The van der Waals surface area contributed by atoms with E-state index in [9.17, 15) is 18.4 Å². The van der Waals surface area contributed by atoms with Gasteiger partial charge in [0, 0.05) is 0 Å². The first-order chi connectivity index (χ1) is 10.5. The van der Waals surface area contributed by atoms with E-state index in [2.05, 4.69) is 19.8 Å². The Balaban J connectivity index is 2.16. The zero-order chi connectivity index (χ0) is 15.9. The standard InChI is InChI=1S/C12H6F2N4O4/c13-6-1-2-7(14)9-8(6)10(19)17-11(16-9)18-4-5(3-15-18)22-12(20)21/h1-4H,(H,20,21)(H,16,17,19). The molecule has 0 saturated carbocycles. The van der Waals surface area contributed by atoms with Crippen LogP contribution in [-0.2, 0) is 0 Å². The number of hydrogen-bond donors (Lipinski definition) is 2. The lowest BCUT2D eigenvalue weighted by Gasteiger charge is -2.03. The van der Waals surface area contributed by atoms with E-state index in [0.29, 0.717) is 0 Å². The van der Waals surface area contributed by atoms with Crippen LogP contribution in [0, 0.1) is 11.6 Å². The van der Waals surface area contributed by atoms with Crippen molar-refractivity contribution < 1.29 is 23.4 Å². The zero-order valence-corrected chi connectivity index (χ0v) is 10.6. The number of carbonyl (C=O) groups is 1. The highest BCUT2D eigenvalue weighted by molar-refractivity contribution is 5.79. The number of benzene rings is 1. The maximum absolute atomic E-state index is 13.7. The first kappa shape index (κ1) is 13.7.